The van der Waals surface area contributed by atoms with Gasteiger partial charge in [-0.05, 0) is 6.42 Å². The molecule has 1 aliphatic rings. The van der Waals surface area contributed by atoms with Crippen molar-refractivity contribution >= 4 is 5.78 Å². The van der Waals surface area contributed by atoms with Crippen LogP contribution in [-0.4, -0.2) is 28.5 Å². The van der Waals surface area contributed by atoms with E-state index in [-0.39, 0.29) is 11.7 Å². The van der Waals surface area contributed by atoms with Gasteiger partial charge in [0, 0.05) is 30.8 Å². The molecule has 1 aliphatic heterocycles. The summed E-state index contributed by atoms with van der Waals surface area (Å²) < 4.78 is 7.18. The number of hydrogen-bond donors (Lipinski definition) is 0. The number of ketones is 1. The smallest absolute Gasteiger partial charge is 0.158 e. The summed E-state index contributed by atoms with van der Waals surface area (Å²) in [6, 6.07) is 0. The van der Waals surface area contributed by atoms with E-state index < -0.39 is 0 Å². The molecule has 4 nitrogen and oxygen atoms in total. The lowest BCUT2D eigenvalue weighted by Gasteiger charge is -2.11. The molecule has 2 heterocycles. The van der Waals surface area contributed by atoms with E-state index in [1.165, 1.54) is 0 Å². The van der Waals surface area contributed by atoms with Gasteiger partial charge in [-0.25, -0.2) is 4.98 Å². The van der Waals surface area contributed by atoms with E-state index in [2.05, 4.69) is 18.8 Å². The summed E-state index contributed by atoms with van der Waals surface area (Å²) in [7, 11) is 0. The monoisotopic (exact) mass is 222 g/mol. The fourth-order valence-electron chi connectivity index (χ4n) is 2.04. The van der Waals surface area contributed by atoms with Crippen LogP contribution in [0.1, 0.15) is 32.0 Å². The van der Waals surface area contributed by atoms with Crippen LogP contribution in [0.3, 0.4) is 0 Å². The fraction of sp³-hybridized carbons (Fsp3) is 0.667. The van der Waals surface area contributed by atoms with Crippen LogP contribution in [0.2, 0.25) is 0 Å². The summed E-state index contributed by atoms with van der Waals surface area (Å²) in [5, 5.41) is 0. The normalized spacial score (nSPS) is 20.6. The summed E-state index contributed by atoms with van der Waals surface area (Å²) in [6.07, 6.45) is 4.50. The molecule has 0 aliphatic carbocycles. The largest absolute Gasteiger partial charge is 0.381 e. The van der Waals surface area contributed by atoms with Crippen LogP contribution in [0.5, 0.6) is 0 Å². The van der Waals surface area contributed by atoms with Crippen molar-refractivity contribution in [3.8, 4) is 0 Å². The van der Waals surface area contributed by atoms with Gasteiger partial charge in [-0.15, -0.1) is 0 Å². The average Bonchev–Trinajstić information content (AvgIpc) is 2.86. The zero-order valence-electron chi connectivity index (χ0n) is 9.85. The molecule has 0 radical (unpaired) electrons. The molecule has 0 N–H and O–H groups in total. The summed E-state index contributed by atoms with van der Waals surface area (Å²) in [5.74, 6) is 1.68. The van der Waals surface area contributed by atoms with E-state index in [0.717, 1.165) is 18.9 Å². The number of imidazole rings is 1. The molecule has 0 bridgehead atoms. The highest BCUT2D eigenvalue weighted by Crippen LogP contribution is 2.16. The molecule has 1 aromatic heterocycles. The Hall–Kier alpha value is -1.16. The molecular formula is C12H18N2O2. The van der Waals surface area contributed by atoms with Crippen LogP contribution >= 0.6 is 0 Å². The molecule has 0 aromatic carbocycles. The van der Waals surface area contributed by atoms with Gasteiger partial charge in [-0.2, -0.15) is 0 Å². The van der Waals surface area contributed by atoms with Crippen LogP contribution in [0, 0.1) is 5.92 Å². The van der Waals surface area contributed by atoms with Crippen molar-refractivity contribution in [2.45, 2.75) is 32.7 Å². The first-order chi connectivity index (χ1) is 7.68. The molecule has 1 aromatic rings. The predicted octanol–water partition coefficient (Wildman–Crippen LogP) is 1.61. The molecule has 1 fully saturated rings. The number of nitrogens with zero attached hydrogens (tertiary/aromatic N) is 2. The van der Waals surface area contributed by atoms with E-state index >= 15 is 0 Å². The maximum atomic E-state index is 12.0. The van der Waals surface area contributed by atoms with Crippen molar-refractivity contribution in [1.29, 1.82) is 0 Å². The van der Waals surface area contributed by atoms with Gasteiger partial charge in [-0.3, -0.25) is 4.79 Å². The third-order valence-corrected chi connectivity index (χ3v) is 2.98. The number of aromatic nitrogens is 2. The minimum Gasteiger partial charge on any atom is -0.381 e. The summed E-state index contributed by atoms with van der Waals surface area (Å²) in [5.41, 5.74) is 0. The minimum absolute atomic E-state index is 0.0856. The van der Waals surface area contributed by atoms with Gasteiger partial charge in [0.2, 0.25) is 0 Å². The fourth-order valence-corrected chi connectivity index (χ4v) is 2.04. The number of ether oxygens (including phenoxy) is 1. The molecule has 16 heavy (non-hydrogen) atoms. The highest BCUT2D eigenvalue weighted by Gasteiger charge is 2.24. The van der Waals surface area contributed by atoms with Crippen molar-refractivity contribution in [3.05, 3.63) is 18.2 Å². The van der Waals surface area contributed by atoms with E-state index in [0.29, 0.717) is 19.1 Å². The Morgan fingerprint density at radius 1 is 1.69 bits per heavy atom. The van der Waals surface area contributed by atoms with E-state index in [1.807, 2.05) is 10.8 Å². The van der Waals surface area contributed by atoms with Crippen molar-refractivity contribution < 1.29 is 9.53 Å². The molecule has 0 amide bonds. The Balaban J connectivity index is 2.02. The quantitative estimate of drug-likeness (QED) is 0.777. The summed E-state index contributed by atoms with van der Waals surface area (Å²) in [6.45, 7) is 5.91. The molecule has 1 saturated heterocycles. The number of carbonyl (C=O) groups is 1. The zero-order chi connectivity index (χ0) is 11.5. The number of carbonyl (C=O) groups excluding carboxylic acids is 1. The van der Waals surface area contributed by atoms with Crippen LogP contribution in [0.15, 0.2) is 12.4 Å². The van der Waals surface area contributed by atoms with Crippen LogP contribution in [0.25, 0.3) is 0 Å². The standard InChI is InChI=1S/C12H18N2O2/c1-9(2)12-13-4-5-14(12)7-11(15)10-3-6-16-8-10/h4-5,9-10H,3,6-8H2,1-2H3. The molecule has 2 rings (SSSR count). The Bertz CT molecular complexity index is 365. The molecule has 4 heteroatoms. The lowest BCUT2D eigenvalue weighted by molar-refractivity contribution is -0.123. The van der Waals surface area contributed by atoms with Gasteiger partial charge in [0.15, 0.2) is 5.78 Å². The third kappa shape index (κ3) is 2.32. The second-order valence-corrected chi connectivity index (χ2v) is 4.59. The average molecular weight is 222 g/mol. The zero-order valence-corrected chi connectivity index (χ0v) is 9.85. The predicted molar refractivity (Wildman–Crippen MR) is 60.2 cm³/mol. The number of Topliss-reactive ketones (excluding diaryl/α,β-unsaturated/α-hetero) is 1. The van der Waals surface area contributed by atoms with E-state index in [4.69, 9.17) is 4.74 Å². The highest BCUT2D eigenvalue weighted by molar-refractivity contribution is 5.81. The Morgan fingerprint density at radius 2 is 2.50 bits per heavy atom. The third-order valence-electron chi connectivity index (χ3n) is 2.98. The second-order valence-electron chi connectivity index (χ2n) is 4.59. The lowest BCUT2D eigenvalue weighted by Crippen LogP contribution is -2.21. The van der Waals surface area contributed by atoms with Gasteiger partial charge in [-0.1, -0.05) is 13.8 Å². The topological polar surface area (TPSA) is 44.1 Å². The molecule has 0 spiro atoms. The number of rotatable bonds is 4. The summed E-state index contributed by atoms with van der Waals surface area (Å²) >= 11 is 0. The lowest BCUT2D eigenvalue weighted by atomic mass is 10.0. The van der Waals surface area contributed by atoms with Crippen LogP contribution in [0.4, 0.5) is 0 Å². The maximum absolute atomic E-state index is 12.0. The van der Waals surface area contributed by atoms with Gasteiger partial charge in [0.05, 0.1) is 13.2 Å². The van der Waals surface area contributed by atoms with Crippen molar-refractivity contribution in [2.75, 3.05) is 13.2 Å². The highest BCUT2D eigenvalue weighted by atomic mass is 16.5. The van der Waals surface area contributed by atoms with Gasteiger partial charge in [0.1, 0.15) is 5.82 Å². The second kappa shape index (κ2) is 4.78. The van der Waals surface area contributed by atoms with Crippen LogP contribution in [-0.2, 0) is 16.1 Å². The maximum Gasteiger partial charge on any atom is 0.158 e. The van der Waals surface area contributed by atoms with Crippen molar-refractivity contribution in [3.63, 3.8) is 0 Å². The minimum atomic E-state index is 0.0856. The van der Waals surface area contributed by atoms with Gasteiger partial charge in [0.25, 0.3) is 0 Å². The first-order valence-electron chi connectivity index (χ1n) is 5.80. The van der Waals surface area contributed by atoms with Gasteiger partial charge < -0.3 is 9.30 Å². The van der Waals surface area contributed by atoms with E-state index in [9.17, 15) is 4.79 Å². The first-order valence-corrected chi connectivity index (χ1v) is 5.80. The number of hydrogen-bond acceptors (Lipinski definition) is 3. The molecule has 1 atom stereocenters. The molecule has 88 valence electrons. The molecule has 0 saturated carbocycles. The SMILES string of the molecule is CC(C)c1nccn1CC(=O)C1CCOC1. The van der Waals surface area contributed by atoms with E-state index in [1.54, 1.807) is 6.20 Å². The molecular weight excluding hydrogens is 204 g/mol. The van der Waals surface area contributed by atoms with Crippen molar-refractivity contribution in [2.24, 2.45) is 5.92 Å². The van der Waals surface area contributed by atoms with Gasteiger partial charge >= 0.3 is 0 Å². The first kappa shape index (κ1) is 11.3. The Morgan fingerprint density at radius 3 is 3.12 bits per heavy atom. The molecule has 1 unspecified atom stereocenters. The Kier molecular flexibility index (Phi) is 3.39. The Labute approximate surface area is 95.6 Å². The summed E-state index contributed by atoms with van der Waals surface area (Å²) in [4.78, 5) is 16.2. The van der Waals surface area contributed by atoms with Crippen molar-refractivity contribution in [1.82, 2.24) is 9.55 Å². The van der Waals surface area contributed by atoms with Crippen LogP contribution < -0.4 is 0 Å².